The van der Waals surface area contributed by atoms with Crippen LogP contribution in [0, 0.1) is 0 Å². The van der Waals surface area contributed by atoms with E-state index in [-0.39, 0.29) is 13.3 Å². The van der Waals surface area contributed by atoms with Crippen LogP contribution < -0.4 is 5.32 Å². The first-order chi connectivity index (χ1) is 6.20. The van der Waals surface area contributed by atoms with Crippen LogP contribution in [0.3, 0.4) is 0 Å². The van der Waals surface area contributed by atoms with Crippen LogP contribution in [-0.4, -0.2) is 24.4 Å². The minimum atomic E-state index is -0.945. The van der Waals surface area contributed by atoms with Crippen LogP contribution in [0.5, 0.6) is 0 Å². The molecule has 0 fully saturated rings. The van der Waals surface area contributed by atoms with E-state index >= 15 is 0 Å². The van der Waals surface area contributed by atoms with Crippen molar-refractivity contribution in [1.82, 2.24) is 5.32 Å². The van der Waals surface area contributed by atoms with Crippen molar-refractivity contribution < 1.29 is 14.6 Å². The van der Waals surface area contributed by atoms with Gasteiger partial charge >= 0.3 is 5.97 Å². The lowest BCUT2D eigenvalue weighted by molar-refractivity contribution is -0.142. The average Bonchev–Trinajstić information content (AvgIpc) is 2.10. The Bertz CT molecular complexity index is 178. The average molecular weight is 187 g/mol. The van der Waals surface area contributed by atoms with Crippen LogP contribution in [0.2, 0.25) is 0 Å². The summed E-state index contributed by atoms with van der Waals surface area (Å²) < 4.78 is 4.82. The molecule has 0 heterocycles. The molecule has 0 bridgehead atoms. The minimum Gasteiger partial charge on any atom is -0.480 e. The molecule has 0 aromatic rings. The molecule has 0 aromatic heterocycles. The van der Waals surface area contributed by atoms with Gasteiger partial charge in [0.25, 0.3) is 0 Å². The molecule has 0 saturated carbocycles. The van der Waals surface area contributed by atoms with Gasteiger partial charge in [-0.25, -0.2) is 4.79 Å². The van der Waals surface area contributed by atoms with E-state index in [1.165, 1.54) is 0 Å². The summed E-state index contributed by atoms with van der Waals surface area (Å²) in [6, 6.07) is 0. The minimum absolute atomic E-state index is 0.254. The highest BCUT2D eigenvalue weighted by atomic mass is 16.5. The molecule has 0 rings (SSSR count). The van der Waals surface area contributed by atoms with Crippen molar-refractivity contribution in [2.24, 2.45) is 0 Å². The van der Waals surface area contributed by atoms with Crippen LogP contribution in [-0.2, 0) is 9.53 Å². The zero-order valence-electron chi connectivity index (χ0n) is 8.17. The number of hydrogen-bond acceptors (Lipinski definition) is 3. The Hall–Kier alpha value is -1.03. The summed E-state index contributed by atoms with van der Waals surface area (Å²) in [4.78, 5) is 10.1. The van der Waals surface area contributed by atoms with Crippen molar-refractivity contribution in [2.45, 2.75) is 26.7 Å². The molecule has 0 aliphatic heterocycles. The molecule has 0 amide bonds. The highest BCUT2D eigenvalue weighted by Crippen LogP contribution is 1.96. The van der Waals surface area contributed by atoms with Crippen LogP contribution in [0.15, 0.2) is 11.8 Å². The lowest BCUT2D eigenvalue weighted by Crippen LogP contribution is -2.20. The molecule has 2 N–H and O–H groups in total. The molecule has 0 saturated heterocycles. The Morgan fingerprint density at radius 2 is 2.23 bits per heavy atom. The molecule has 0 unspecified atom stereocenters. The fourth-order valence-electron chi connectivity index (χ4n) is 0.870. The summed E-state index contributed by atoms with van der Waals surface area (Å²) in [7, 11) is 0. The molecular formula is C9H17NO3. The first-order valence-electron chi connectivity index (χ1n) is 4.43. The van der Waals surface area contributed by atoms with Crippen molar-refractivity contribution in [3.05, 3.63) is 11.8 Å². The van der Waals surface area contributed by atoms with E-state index in [0.29, 0.717) is 0 Å². The van der Waals surface area contributed by atoms with E-state index < -0.39 is 5.97 Å². The van der Waals surface area contributed by atoms with Gasteiger partial charge in [0, 0.05) is 5.70 Å². The van der Waals surface area contributed by atoms with E-state index in [2.05, 4.69) is 18.3 Å². The molecular weight excluding hydrogens is 170 g/mol. The number of carboxylic acids is 1. The van der Waals surface area contributed by atoms with E-state index in [1.54, 1.807) is 0 Å². The maximum Gasteiger partial charge on any atom is 0.329 e. The zero-order valence-corrected chi connectivity index (χ0v) is 8.17. The normalized spacial score (nSPS) is 11.4. The lowest BCUT2D eigenvalue weighted by atomic mass is 10.3. The summed E-state index contributed by atoms with van der Waals surface area (Å²) in [5.74, 6) is -0.945. The van der Waals surface area contributed by atoms with Gasteiger partial charge in [0.05, 0.1) is 0 Å². The predicted molar refractivity (Wildman–Crippen MR) is 50.3 cm³/mol. The standard InChI is InChI=1S/C9H17NO3/c1-3-5-8(4-2)10-7-13-6-9(11)12/h5,10H,3-4,6-7H2,1-2H3,(H,11,12)/b8-5+. The summed E-state index contributed by atoms with van der Waals surface area (Å²) >= 11 is 0. The van der Waals surface area contributed by atoms with Gasteiger partial charge in [-0.3, -0.25) is 0 Å². The zero-order chi connectivity index (χ0) is 10.1. The van der Waals surface area contributed by atoms with E-state index in [0.717, 1.165) is 18.5 Å². The second-order valence-corrected chi connectivity index (χ2v) is 2.55. The Labute approximate surface area is 78.6 Å². The van der Waals surface area contributed by atoms with Crippen molar-refractivity contribution in [3.63, 3.8) is 0 Å². The largest absolute Gasteiger partial charge is 0.480 e. The molecule has 0 radical (unpaired) electrons. The third kappa shape index (κ3) is 7.33. The van der Waals surface area contributed by atoms with E-state index in [1.807, 2.05) is 6.92 Å². The second-order valence-electron chi connectivity index (χ2n) is 2.55. The molecule has 0 atom stereocenters. The number of ether oxygens (including phenoxy) is 1. The van der Waals surface area contributed by atoms with Gasteiger partial charge in [-0.1, -0.05) is 19.9 Å². The maximum atomic E-state index is 10.1. The van der Waals surface area contributed by atoms with Gasteiger partial charge in [0.1, 0.15) is 13.3 Å². The Morgan fingerprint density at radius 1 is 1.54 bits per heavy atom. The number of hydrogen-bond donors (Lipinski definition) is 2. The Balaban J connectivity index is 3.50. The van der Waals surface area contributed by atoms with Crippen LogP contribution in [0.4, 0.5) is 0 Å². The maximum absolute atomic E-state index is 10.1. The molecule has 0 spiro atoms. The van der Waals surface area contributed by atoms with Crippen molar-refractivity contribution in [3.8, 4) is 0 Å². The molecule has 4 nitrogen and oxygen atoms in total. The highest BCUT2D eigenvalue weighted by molar-refractivity contribution is 5.67. The number of rotatable bonds is 7. The fourth-order valence-corrected chi connectivity index (χ4v) is 0.870. The molecule has 76 valence electrons. The van der Waals surface area contributed by atoms with Gasteiger partial charge in [0.2, 0.25) is 0 Å². The number of nitrogens with one attached hydrogen (secondary N) is 1. The summed E-state index contributed by atoms with van der Waals surface area (Å²) in [5, 5.41) is 11.3. The van der Waals surface area contributed by atoms with Crippen LogP contribution >= 0.6 is 0 Å². The van der Waals surface area contributed by atoms with E-state index in [4.69, 9.17) is 9.84 Å². The molecule has 4 heteroatoms. The molecule has 0 aromatic carbocycles. The fraction of sp³-hybridized carbons (Fsp3) is 0.667. The van der Waals surface area contributed by atoms with Crippen molar-refractivity contribution in [1.29, 1.82) is 0 Å². The Kier molecular flexibility index (Phi) is 7.01. The monoisotopic (exact) mass is 187 g/mol. The smallest absolute Gasteiger partial charge is 0.329 e. The van der Waals surface area contributed by atoms with Gasteiger partial charge in [-0.15, -0.1) is 0 Å². The van der Waals surface area contributed by atoms with Gasteiger partial charge < -0.3 is 15.2 Å². The predicted octanol–water partition coefficient (Wildman–Crippen LogP) is 1.34. The lowest BCUT2D eigenvalue weighted by Gasteiger charge is -2.08. The number of carboxylic acid groups (broad SMARTS) is 1. The quantitative estimate of drug-likeness (QED) is 0.466. The summed E-state index contributed by atoms with van der Waals surface area (Å²) in [6.45, 7) is 4.09. The number of allylic oxidation sites excluding steroid dienone is 2. The first kappa shape index (κ1) is 12.0. The second kappa shape index (κ2) is 7.61. The van der Waals surface area contributed by atoms with Gasteiger partial charge in [-0.05, 0) is 12.8 Å². The van der Waals surface area contributed by atoms with Crippen molar-refractivity contribution in [2.75, 3.05) is 13.3 Å². The third-order valence-corrected chi connectivity index (χ3v) is 1.46. The summed E-state index contributed by atoms with van der Waals surface area (Å²) in [5.41, 5.74) is 1.09. The van der Waals surface area contributed by atoms with Gasteiger partial charge in [0.15, 0.2) is 0 Å². The van der Waals surface area contributed by atoms with Crippen LogP contribution in [0.1, 0.15) is 26.7 Å². The number of aliphatic carboxylic acids is 1. The molecule has 13 heavy (non-hydrogen) atoms. The van der Waals surface area contributed by atoms with Gasteiger partial charge in [-0.2, -0.15) is 0 Å². The van der Waals surface area contributed by atoms with Crippen LogP contribution in [0.25, 0.3) is 0 Å². The SMILES string of the molecule is CC/C=C(\CC)NCOCC(=O)O. The highest BCUT2D eigenvalue weighted by Gasteiger charge is 1.96. The molecule has 0 aliphatic rings. The third-order valence-electron chi connectivity index (χ3n) is 1.46. The van der Waals surface area contributed by atoms with Crippen molar-refractivity contribution >= 4 is 5.97 Å². The topological polar surface area (TPSA) is 58.6 Å². The molecule has 0 aliphatic carbocycles. The first-order valence-corrected chi connectivity index (χ1v) is 4.43. The number of carbonyl (C=O) groups is 1. The Morgan fingerprint density at radius 3 is 2.69 bits per heavy atom. The summed E-state index contributed by atoms with van der Waals surface area (Å²) in [6.07, 6.45) is 3.93. The van der Waals surface area contributed by atoms with E-state index in [9.17, 15) is 4.79 Å².